The number of carbonyl (C=O) groups is 1. The number of hydrogen-bond acceptors (Lipinski definition) is 3. The van der Waals surface area contributed by atoms with Gasteiger partial charge in [-0.2, -0.15) is 0 Å². The molecule has 0 fully saturated rings. The number of ether oxygens (including phenoxy) is 1. The second kappa shape index (κ2) is 10.6. The summed E-state index contributed by atoms with van der Waals surface area (Å²) in [5.41, 5.74) is 0. The third-order valence-corrected chi connectivity index (χ3v) is 10.1. The van der Waals surface area contributed by atoms with Gasteiger partial charge in [-0.15, -0.1) is 0 Å². The summed E-state index contributed by atoms with van der Waals surface area (Å²) in [4.78, 5) is 10.8. The fourth-order valence-electron chi connectivity index (χ4n) is 3.76. The quantitative estimate of drug-likeness (QED) is 0.331. The Kier molecular flexibility index (Phi) is 8.46. The molecule has 0 aliphatic heterocycles. The summed E-state index contributed by atoms with van der Waals surface area (Å²) in [6.07, 6.45) is 4.07. The maximum Gasteiger partial charge on any atom is 0.302 e. The van der Waals surface area contributed by atoms with E-state index in [1.807, 2.05) is 0 Å². The molecule has 0 aliphatic rings. The molecule has 0 atom stereocenters. The van der Waals surface area contributed by atoms with Crippen molar-refractivity contribution >= 4 is 24.7 Å². The van der Waals surface area contributed by atoms with Crippen LogP contribution in [0.5, 0.6) is 0 Å². The molecule has 0 spiro atoms. The van der Waals surface area contributed by atoms with Gasteiger partial charge in [-0.1, -0.05) is 87.9 Å². The summed E-state index contributed by atoms with van der Waals surface area (Å²) in [6, 6.07) is 21.5. The highest BCUT2D eigenvalue weighted by Gasteiger charge is 2.49. The predicted molar refractivity (Wildman–Crippen MR) is 119 cm³/mol. The smallest absolute Gasteiger partial charge is 0.302 e. The minimum Gasteiger partial charge on any atom is -0.466 e. The molecular weight excluding hydrogens is 364 g/mol. The summed E-state index contributed by atoms with van der Waals surface area (Å²) in [5.74, 6) is -0.199. The molecule has 2 aromatic rings. The van der Waals surface area contributed by atoms with Crippen LogP contribution in [0.1, 0.15) is 53.4 Å². The Morgan fingerprint density at radius 2 is 1.25 bits per heavy atom. The summed E-state index contributed by atoms with van der Waals surface area (Å²) >= 11 is 0. The summed E-state index contributed by atoms with van der Waals surface area (Å²) in [7, 11) is -2.41. The fraction of sp³-hybridized carbons (Fsp3) is 0.458. The Morgan fingerprint density at radius 1 is 0.786 bits per heavy atom. The first-order valence-electron chi connectivity index (χ1n) is 10.3. The standard InChI is InChI=1S/C24H34O3Si/c1-21(25)26-19-13-5-6-14-20-27-28(24(2,3)4,22-15-9-7-10-16-22)23-17-11-8-12-18-23/h7-12,15-18H,5-6,13-14,19-20H2,1-4H3. The maximum atomic E-state index is 10.8. The van der Waals surface area contributed by atoms with Crippen LogP contribution in [0.25, 0.3) is 0 Å². The van der Waals surface area contributed by atoms with Gasteiger partial charge in [0.15, 0.2) is 0 Å². The Bertz CT molecular complexity index is 668. The molecule has 0 unspecified atom stereocenters. The van der Waals surface area contributed by atoms with Gasteiger partial charge in [-0.25, -0.2) is 0 Å². The first kappa shape index (κ1) is 22.4. The van der Waals surface area contributed by atoms with Gasteiger partial charge < -0.3 is 9.16 Å². The number of hydrogen-bond donors (Lipinski definition) is 0. The van der Waals surface area contributed by atoms with Crippen LogP contribution in [-0.4, -0.2) is 27.5 Å². The molecule has 0 heterocycles. The van der Waals surface area contributed by atoms with Crippen LogP contribution in [0.15, 0.2) is 60.7 Å². The van der Waals surface area contributed by atoms with E-state index >= 15 is 0 Å². The van der Waals surface area contributed by atoms with Crippen LogP contribution in [0, 0.1) is 0 Å². The van der Waals surface area contributed by atoms with E-state index in [0.717, 1.165) is 32.3 Å². The number of esters is 1. The molecule has 0 bridgehead atoms. The van der Waals surface area contributed by atoms with Gasteiger partial charge in [0.2, 0.25) is 0 Å². The second-order valence-corrected chi connectivity index (χ2v) is 12.6. The van der Waals surface area contributed by atoms with Gasteiger partial charge >= 0.3 is 5.97 Å². The minimum absolute atomic E-state index is 0.0189. The zero-order valence-electron chi connectivity index (χ0n) is 17.7. The summed E-state index contributed by atoms with van der Waals surface area (Å²) in [5, 5.41) is 2.66. The van der Waals surface area contributed by atoms with Crippen LogP contribution >= 0.6 is 0 Å². The van der Waals surface area contributed by atoms with Gasteiger partial charge in [-0.05, 0) is 34.7 Å². The molecule has 0 radical (unpaired) electrons. The molecule has 28 heavy (non-hydrogen) atoms. The molecule has 2 rings (SSSR count). The number of carbonyl (C=O) groups excluding carboxylic acids is 1. The third-order valence-electron chi connectivity index (χ3n) is 5.08. The van der Waals surface area contributed by atoms with E-state index in [-0.39, 0.29) is 11.0 Å². The number of unbranched alkanes of at least 4 members (excludes halogenated alkanes) is 3. The van der Waals surface area contributed by atoms with E-state index in [0.29, 0.717) is 6.61 Å². The highest BCUT2D eigenvalue weighted by molar-refractivity contribution is 6.99. The van der Waals surface area contributed by atoms with E-state index in [2.05, 4.69) is 81.4 Å². The van der Waals surface area contributed by atoms with Crippen LogP contribution in [0.2, 0.25) is 5.04 Å². The Hall–Kier alpha value is -1.91. The predicted octanol–water partition coefficient (Wildman–Crippen LogP) is 4.69. The van der Waals surface area contributed by atoms with Gasteiger partial charge in [-0.3, -0.25) is 4.79 Å². The fourth-order valence-corrected chi connectivity index (χ4v) is 8.37. The van der Waals surface area contributed by atoms with Gasteiger partial charge in [0, 0.05) is 13.5 Å². The Morgan fingerprint density at radius 3 is 1.68 bits per heavy atom. The van der Waals surface area contributed by atoms with Crippen molar-refractivity contribution in [2.24, 2.45) is 0 Å². The lowest BCUT2D eigenvalue weighted by Gasteiger charge is -2.43. The molecule has 0 saturated heterocycles. The van der Waals surface area contributed by atoms with Gasteiger partial charge in [0.1, 0.15) is 0 Å². The van der Waals surface area contributed by atoms with E-state index in [1.165, 1.54) is 17.3 Å². The molecule has 152 valence electrons. The van der Waals surface area contributed by atoms with Crippen LogP contribution in [-0.2, 0) is 14.0 Å². The zero-order valence-corrected chi connectivity index (χ0v) is 18.7. The molecule has 0 N–H and O–H groups in total. The van der Waals surface area contributed by atoms with Crippen molar-refractivity contribution < 1.29 is 14.0 Å². The highest BCUT2D eigenvalue weighted by atomic mass is 28.4. The maximum absolute atomic E-state index is 10.8. The van der Waals surface area contributed by atoms with Crippen molar-refractivity contribution in [3.63, 3.8) is 0 Å². The average molecular weight is 399 g/mol. The van der Waals surface area contributed by atoms with Crippen molar-refractivity contribution in [2.75, 3.05) is 13.2 Å². The molecule has 0 aromatic heterocycles. The highest BCUT2D eigenvalue weighted by Crippen LogP contribution is 2.36. The molecule has 0 amide bonds. The van der Waals surface area contributed by atoms with Gasteiger partial charge in [0.05, 0.1) is 6.61 Å². The third kappa shape index (κ3) is 5.79. The number of rotatable bonds is 10. The van der Waals surface area contributed by atoms with E-state index < -0.39 is 8.32 Å². The lowest BCUT2D eigenvalue weighted by Crippen LogP contribution is -2.66. The Balaban J connectivity index is 2.11. The topological polar surface area (TPSA) is 35.5 Å². The molecule has 3 nitrogen and oxygen atoms in total. The lowest BCUT2D eigenvalue weighted by atomic mass is 10.2. The molecular formula is C24H34O3Si. The van der Waals surface area contributed by atoms with Crippen molar-refractivity contribution in [1.82, 2.24) is 0 Å². The minimum atomic E-state index is -2.41. The first-order chi connectivity index (χ1) is 13.4. The lowest BCUT2D eigenvalue weighted by molar-refractivity contribution is -0.141. The second-order valence-electron chi connectivity index (χ2n) is 8.27. The SMILES string of the molecule is CC(=O)OCCCCCCO[Si](c1ccccc1)(c1ccccc1)C(C)(C)C. The van der Waals surface area contributed by atoms with Crippen LogP contribution in [0.4, 0.5) is 0 Å². The molecule has 2 aromatic carbocycles. The first-order valence-corrected chi connectivity index (χ1v) is 12.2. The summed E-state index contributed by atoms with van der Waals surface area (Å²) < 4.78 is 11.9. The molecule has 0 aliphatic carbocycles. The normalized spacial score (nSPS) is 12.0. The van der Waals surface area contributed by atoms with Crippen molar-refractivity contribution in [3.8, 4) is 0 Å². The van der Waals surface area contributed by atoms with Crippen molar-refractivity contribution in [1.29, 1.82) is 0 Å². The Labute approximate surface area is 171 Å². The molecule has 4 heteroatoms. The van der Waals surface area contributed by atoms with E-state index in [1.54, 1.807) is 0 Å². The van der Waals surface area contributed by atoms with E-state index in [4.69, 9.17) is 9.16 Å². The monoisotopic (exact) mass is 398 g/mol. The van der Waals surface area contributed by atoms with Crippen LogP contribution < -0.4 is 10.4 Å². The van der Waals surface area contributed by atoms with Crippen LogP contribution in [0.3, 0.4) is 0 Å². The summed E-state index contributed by atoms with van der Waals surface area (Å²) in [6.45, 7) is 9.64. The number of benzene rings is 2. The van der Waals surface area contributed by atoms with E-state index in [9.17, 15) is 4.79 Å². The van der Waals surface area contributed by atoms with Crippen molar-refractivity contribution in [3.05, 3.63) is 60.7 Å². The largest absolute Gasteiger partial charge is 0.466 e. The van der Waals surface area contributed by atoms with Gasteiger partial charge in [0.25, 0.3) is 8.32 Å². The molecule has 0 saturated carbocycles. The average Bonchev–Trinajstić information content (AvgIpc) is 2.67. The zero-order chi connectivity index (χ0) is 20.5. The van der Waals surface area contributed by atoms with Crippen molar-refractivity contribution in [2.45, 2.75) is 58.4 Å².